The molecule has 3 rings (SSSR count). The summed E-state index contributed by atoms with van der Waals surface area (Å²) in [5.74, 6) is 0.978. The van der Waals surface area contributed by atoms with Crippen LogP contribution in [0.5, 0.6) is 0 Å². The number of piperidine rings is 1. The Kier molecular flexibility index (Phi) is 2.58. The number of rotatable bonds is 2. The Morgan fingerprint density at radius 1 is 1.29 bits per heavy atom. The SMILES string of the molecule is C=C1CC2CCC(C1)N2Cc1c(C)noc1C. The van der Waals surface area contributed by atoms with Crippen LogP contribution in [0.4, 0.5) is 0 Å². The van der Waals surface area contributed by atoms with Crippen molar-refractivity contribution < 1.29 is 4.52 Å². The zero-order valence-corrected chi connectivity index (χ0v) is 10.7. The van der Waals surface area contributed by atoms with Crippen molar-refractivity contribution in [3.05, 3.63) is 29.2 Å². The van der Waals surface area contributed by atoms with Crippen LogP contribution in [0.15, 0.2) is 16.7 Å². The summed E-state index contributed by atoms with van der Waals surface area (Å²) in [6.45, 7) is 9.22. The largest absolute Gasteiger partial charge is 0.361 e. The van der Waals surface area contributed by atoms with Gasteiger partial charge >= 0.3 is 0 Å². The van der Waals surface area contributed by atoms with Crippen LogP contribution in [0.25, 0.3) is 0 Å². The molecule has 0 radical (unpaired) electrons. The van der Waals surface area contributed by atoms with Crippen molar-refractivity contribution in [2.45, 2.75) is 58.2 Å². The number of fused-ring (bicyclic) bond motifs is 2. The molecule has 1 aromatic rings. The van der Waals surface area contributed by atoms with Gasteiger partial charge in [0.15, 0.2) is 0 Å². The number of aryl methyl sites for hydroxylation is 2. The molecule has 2 fully saturated rings. The fraction of sp³-hybridized carbons (Fsp3) is 0.643. The minimum absolute atomic E-state index is 0.704. The van der Waals surface area contributed by atoms with Crippen molar-refractivity contribution in [3.63, 3.8) is 0 Å². The van der Waals surface area contributed by atoms with Crippen LogP contribution in [0, 0.1) is 13.8 Å². The fourth-order valence-corrected chi connectivity index (χ4v) is 3.37. The van der Waals surface area contributed by atoms with Crippen LogP contribution in [0.3, 0.4) is 0 Å². The normalized spacial score (nSPS) is 28.9. The molecule has 2 atom stereocenters. The topological polar surface area (TPSA) is 29.3 Å². The third-order valence-electron chi connectivity index (χ3n) is 4.34. The minimum Gasteiger partial charge on any atom is -0.361 e. The maximum Gasteiger partial charge on any atom is 0.138 e. The Hall–Kier alpha value is -1.09. The van der Waals surface area contributed by atoms with Gasteiger partial charge in [0, 0.05) is 24.2 Å². The van der Waals surface area contributed by atoms with Crippen LogP contribution in [0.2, 0.25) is 0 Å². The summed E-state index contributed by atoms with van der Waals surface area (Å²) in [5, 5.41) is 4.05. The van der Waals surface area contributed by atoms with Gasteiger partial charge in [-0.3, -0.25) is 4.90 Å². The molecule has 0 aliphatic carbocycles. The smallest absolute Gasteiger partial charge is 0.138 e. The highest BCUT2D eigenvalue weighted by Crippen LogP contribution is 2.39. The van der Waals surface area contributed by atoms with E-state index in [9.17, 15) is 0 Å². The van der Waals surface area contributed by atoms with Crippen LogP contribution >= 0.6 is 0 Å². The second kappa shape index (κ2) is 3.98. The van der Waals surface area contributed by atoms with E-state index < -0.39 is 0 Å². The summed E-state index contributed by atoms with van der Waals surface area (Å²) in [7, 11) is 0. The third-order valence-corrected chi connectivity index (χ3v) is 4.34. The minimum atomic E-state index is 0.704. The van der Waals surface area contributed by atoms with E-state index in [1.807, 2.05) is 13.8 Å². The van der Waals surface area contributed by atoms with Gasteiger partial charge in [0.05, 0.1) is 5.69 Å². The molecule has 2 unspecified atom stereocenters. The second-order valence-electron chi connectivity index (χ2n) is 5.52. The number of hydrogen-bond acceptors (Lipinski definition) is 3. The van der Waals surface area contributed by atoms with Crippen molar-refractivity contribution in [1.82, 2.24) is 10.1 Å². The third kappa shape index (κ3) is 1.82. The number of aromatic nitrogens is 1. The maximum atomic E-state index is 5.25. The molecule has 2 aliphatic rings. The molecular formula is C14H20N2O. The average Bonchev–Trinajstić information content (AvgIpc) is 2.71. The quantitative estimate of drug-likeness (QED) is 0.734. The average molecular weight is 232 g/mol. The maximum absolute atomic E-state index is 5.25. The van der Waals surface area contributed by atoms with Gasteiger partial charge in [-0.2, -0.15) is 0 Å². The molecule has 3 heterocycles. The fourth-order valence-electron chi connectivity index (χ4n) is 3.37. The molecule has 2 bridgehead atoms. The molecule has 0 spiro atoms. The summed E-state index contributed by atoms with van der Waals surface area (Å²) in [4.78, 5) is 2.64. The Labute approximate surface area is 102 Å². The zero-order chi connectivity index (χ0) is 12.0. The van der Waals surface area contributed by atoms with Crippen LogP contribution in [-0.2, 0) is 6.54 Å². The highest BCUT2D eigenvalue weighted by Gasteiger charge is 2.38. The molecule has 1 aromatic heterocycles. The first-order chi connectivity index (χ1) is 8.15. The molecular weight excluding hydrogens is 212 g/mol. The standard InChI is InChI=1S/C14H20N2O/c1-9-6-12-4-5-13(7-9)16(12)8-14-10(2)15-17-11(14)3/h12-13H,1,4-8H2,2-3H3. The van der Waals surface area contributed by atoms with E-state index in [1.165, 1.54) is 36.8 Å². The Morgan fingerprint density at radius 2 is 1.94 bits per heavy atom. The molecule has 92 valence electrons. The lowest BCUT2D eigenvalue weighted by atomic mass is 9.97. The van der Waals surface area contributed by atoms with E-state index in [1.54, 1.807) is 0 Å². The molecule has 0 saturated carbocycles. The highest BCUT2D eigenvalue weighted by molar-refractivity contribution is 5.22. The van der Waals surface area contributed by atoms with Gasteiger partial charge in [0.1, 0.15) is 5.76 Å². The monoisotopic (exact) mass is 232 g/mol. The van der Waals surface area contributed by atoms with Crippen LogP contribution in [-0.4, -0.2) is 22.1 Å². The first kappa shape index (κ1) is 11.0. The Morgan fingerprint density at radius 3 is 2.47 bits per heavy atom. The van der Waals surface area contributed by atoms with Gasteiger partial charge in [-0.25, -0.2) is 0 Å². The molecule has 0 amide bonds. The zero-order valence-electron chi connectivity index (χ0n) is 10.7. The van der Waals surface area contributed by atoms with Crippen molar-refractivity contribution in [2.75, 3.05) is 0 Å². The predicted octanol–water partition coefficient (Wildman–Crippen LogP) is 2.97. The van der Waals surface area contributed by atoms with Crippen molar-refractivity contribution in [3.8, 4) is 0 Å². The van der Waals surface area contributed by atoms with Gasteiger partial charge in [-0.05, 0) is 39.5 Å². The number of hydrogen-bond donors (Lipinski definition) is 0. The van der Waals surface area contributed by atoms with Crippen LogP contribution in [0.1, 0.15) is 42.7 Å². The summed E-state index contributed by atoms with van der Waals surface area (Å²) in [6, 6.07) is 1.41. The summed E-state index contributed by atoms with van der Waals surface area (Å²) >= 11 is 0. The van der Waals surface area contributed by atoms with E-state index in [2.05, 4.69) is 16.6 Å². The van der Waals surface area contributed by atoms with E-state index in [0.29, 0.717) is 12.1 Å². The molecule has 2 saturated heterocycles. The van der Waals surface area contributed by atoms with E-state index in [4.69, 9.17) is 4.52 Å². The number of nitrogens with zero attached hydrogens (tertiary/aromatic N) is 2. The predicted molar refractivity (Wildman–Crippen MR) is 66.7 cm³/mol. The van der Waals surface area contributed by atoms with Gasteiger partial charge in [0.25, 0.3) is 0 Å². The Balaban J connectivity index is 1.81. The lowest BCUT2D eigenvalue weighted by molar-refractivity contribution is 0.156. The van der Waals surface area contributed by atoms with Gasteiger partial charge < -0.3 is 4.52 Å². The van der Waals surface area contributed by atoms with E-state index >= 15 is 0 Å². The summed E-state index contributed by atoms with van der Waals surface area (Å²) in [6.07, 6.45) is 5.01. The van der Waals surface area contributed by atoms with Gasteiger partial charge in [-0.1, -0.05) is 17.3 Å². The van der Waals surface area contributed by atoms with Gasteiger partial charge in [-0.15, -0.1) is 0 Å². The lowest BCUT2D eigenvalue weighted by Crippen LogP contribution is -2.39. The first-order valence-corrected chi connectivity index (χ1v) is 6.49. The van der Waals surface area contributed by atoms with Crippen LogP contribution < -0.4 is 0 Å². The lowest BCUT2D eigenvalue weighted by Gasteiger charge is -2.35. The van der Waals surface area contributed by atoms with E-state index in [0.717, 1.165) is 18.0 Å². The highest BCUT2D eigenvalue weighted by atomic mass is 16.5. The summed E-state index contributed by atoms with van der Waals surface area (Å²) < 4.78 is 5.25. The molecule has 17 heavy (non-hydrogen) atoms. The van der Waals surface area contributed by atoms with E-state index in [-0.39, 0.29) is 0 Å². The van der Waals surface area contributed by atoms with Gasteiger partial charge in [0.2, 0.25) is 0 Å². The van der Waals surface area contributed by atoms with Crippen molar-refractivity contribution >= 4 is 0 Å². The molecule has 0 N–H and O–H groups in total. The molecule has 3 nitrogen and oxygen atoms in total. The summed E-state index contributed by atoms with van der Waals surface area (Å²) in [5.41, 5.74) is 3.77. The first-order valence-electron chi connectivity index (χ1n) is 6.49. The molecule has 0 aromatic carbocycles. The second-order valence-corrected chi connectivity index (χ2v) is 5.52. The molecule has 2 aliphatic heterocycles. The molecule has 3 heteroatoms. The Bertz CT molecular complexity index is 414. The van der Waals surface area contributed by atoms with Crippen molar-refractivity contribution in [1.29, 1.82) is 0 Å². The van der Waals surface area contributed by atoms with Crippen molar-refractivity contribution in [2.24, 2.45) is 0 Å².